The highest BCUT2D eigenvalue weighted by Crippen LogP contribution is 2.26. The fourth-order valence-corrected chi connectivity index (χ4v) is 3.78. The average molecular weight is 431 g/mol. The second-order valence-electron chi connectivity index (χ2n) is 7.34. The normalized spacial score (nSPS) is 16.7. The van der Waals surface area contributed by atoms with E-state index >= 15 is 0 Å². The predicted molar refractivity (Wildman–Crippen MR) is 109 cm³/mol. The number of fused-ring (bicyclic) bond motifs is 1. The number of methoxy groups -OCH3 is 1. The van der Waals surface area contributed by atoms with E-state index in [1.807, 2.05) is 35.1 Å². The standard InChI is InChI=1S/C19H23BrN6O/c1-19(21)7-9-25(10-8-19)15-11-22-16-17(20)24-26(18(16)23-15)12-13-3-5-14(27-2)6-4-13/h3-6,11H,7-10,12,21H2,1-2H3. The van der Waals surface area contributed by atoms with Gasteiger partial charge < -0.3 is 15.4 Å². The van der Waals surface area contributed by atoms with Crippen LogP contribution in [0.4, 0.5) is 5.82 Å². The Morgan fingerprint density at radius 3 is 2.59 bits per heavy atom. The Morgan fingerprint density at radius 2 is 1.93 bits per heavy atom. The Bertz CT molecular complexity index is 943. The molecule has 1 aliphatic heterocycles. The summed E-state index contributed by atoms with van der Waals surface area (Å²) in [6.45, 7) is 4.51. The predicted octanol–water partition coefficient (Wildman–Crippen LogP) is 2.96. The van der Waals surface area contributed by atoms with Crippen molar-refractivity contribution in [2.24, 2.45) is 5.73 Å². The fourth-order valence-electron chi connectivity index (χ4n) is 3.31. The summed E-state index contributed by atoms with van der Waals surface area (Å²) < 4.78 is 7.81. The summed E-state index contributed by atoms with van der Waals surface area (Å²) in [6, 6.07) is 7.96. The maximum absolute atomic E-state index is 6.25. The Kier molecular flexibility index (Phi) is 4.77. The highest BCUT2D eigenvalue weighted by Gasteiger charge is 2.27. The van der Waals surface area contributed by atoms with Crippen LogP contribution >= 0.6 is 15.9 Å². The SMILES string of the molecule is COc1ccc(Cn2nc(Br)c3ncc(N4CCC(C)(N)CC4)nc32)cc1. The van der Waals surface area contributed by atoms with Gasteiger partial charge in [0.2, 0.25) is 0 Å². The number of nitrogens with two attached hydrogens (primary N) is 1. The third-order valence-corrected chi connectivity index (χ3v) is 5.65. The van der Waals surface area contributed by atoms with Crippen molar-refractivity contribution in [1.82, 2.24) is 19.7 Å². The number of nitrogens with zero attached hydrogens (tertiary/aromatic N) is 5. The number of piperidine rings is 1. The summed E-state index contributed by atoms with van der Waals surface area (Å²) in [5.41, 5.74) is 8.83. The first kappa shape index (κ1) is 18.2. The molecule has 1 fully saturated rings. The monoisotopic (exact) mass is 430 g/mol. The number of benzene rings is 1. The van der Waals surface area contributed by atoms with Crippen LogP contribution < -0.4 is 15.4 Å². The van der Waals surface area contributed by atoms with Gasteiger partial charge in [0.15, 0.2) is 10.3 Å². The third-order valence-electron chi connectivity index (χ3n) is 5.11. The molecule has 142 valence electrons. The molecule has 0 saturated carbocycles. The minimum absolute atomic E-state index is 0.0901. The van der Waals surface area contributed by atoms with Crippen molar-refractivity contribution in [1.29, 1.82) is 0 Å². The first-order valence-electron chi connectivity index (χ1n) is 9.01. The van der Waals surface area contributed by atoms with Crippen LogP contribution in [0.25, 0.3) is 11.2 Å². The van der Waals surface area contributed by atoms with E-state index in [0.717, 1.165) is 54.2 Å². The fraction of sp³-hybridized carbons (Fsp3) is 0.421. The van der Waals surface area contributed by atoms with Crippen LogP contribution in [0, 0.1) is 0 Å². The van der Waals surface area contributed by atoms with E-state index in [4.69, 9.17) is 15.5 Å². The Labute approximate surface area is 166 Å². The van der Waals surface area contributed by atoms with Crippen LogP contribution in [-0.2, 0) is 6.54 Å². The van der Waals surface area contributed by atoms with Gasteiger partial charge in [0.25, 0.3) is 0 Å². The van der Waals surface area contributed by atoms with E-state index in [1.165, 1.54) is 0 Å². The highest BCUT2D eigenvalue weighted by atomic mass is 79.9. The van der Waals surface area contributed by atoms with Gasteiger partial charge in [-0.1, -0.05) is 12.1 Å². The molecule has 1 saturated heterocycles. The molecule has 4 rings (SSSR count). The van der Waals surface area contributed by atoms with E-state index < -0.39 is 0 Å². The van der Waals surface area contributed by atoms with Gasteiger partial charge in [-0.3, -0.25) is 0 Å². The number of hydrogen-bond donors (Lipinski definition) is 1. The molecule has 0 bridgehead atoms. The molecule has 27 heavy (non-hydrogen) atoms. The Balaban J connectivity index is 1.63. The van der Waals surface area contributed by atoms with Crippen LogP contribution in [0.15, 0.2) is 35.1 Å². The van der Waals surface area contributed by atoms with Gasteiger partial charge in [0.05, 0.1) is 19.9 Å². The molecule has 3 heterocycles. The molecular weight excluding hydrogens is 408 g/mol. The van der Waals surface area contributed by atoms with Crippen molar-refractivity contribution in [2.75, 3.05) is 25.1 Å². The summed E-state index contributed by atoms with van der Waals surface area (Å²) in [7, 11) is 1.66. The molecular formula is C19H23BrN6O. The second-order valence-corrected chi connectivity index (χ2v) is 8.09. The van der Waals surface area contributed by atoms with Gasteiger partial charge in [0, 0.05) is 18.6 Å². The van der Waals surface area contributed by atoms with Crippen molar-refractivity contribution in [3.05, 3.63) is 40.6 Å². The minimum atomic E-state index is -0.0901. The molecule has 0 aliphatic carbocycles. The molecule has 0 radical (unpaired) electrons. The number of aromatic nitrogens is 4. The van der Waals surface area contributed by atoms with E-state index in [1.54, 1.807) is 7.11 Å². The summed E-state index contributed by atoms with van der Waals surface area (Å²) >= 11 is 3.50. The molecule has 7 nitrogen and oxygen atoms in total. The lowest BCUT2D eigenvalue weighted by Crippen LogP contribution is -2.48. The smallest absolute Gasteiger partial charge is 0.180 e. The van der Waals surface area contributed by atoms with Crippen molar-refractivity contribution in [2.45, 2.75) is 31.8 Å². The molecule has 0 spiro atoms. The summed E-state index contributed by atoms with van der Waals surface area (Å²) in [6.07, 6.45) is 3.72. The van der Waals surface area contributed by atoms with E-state index in [-0.39, 0.29) is 5.54 Å². The molecule has 0 unspecified atom stereocenters. The number of anilines is 1. The van der Waals surface area contributed by atoms with Gasteiger partial charge in [-0.25, -0.2) is 14.6 Å². The largest absolute Gasteiger partial charge is 0.497 e. The summed E-state index contributed by atoms with van der Waals surface area (Å²) in [5.74, 6) is 1.71. The lowest BCUT2D eigenvalue weighted by molar-refractivity contribution is 0.363. The summed E-state index contributed by atoms with van der Waals surface area (Å²) in [4.78, 5) is 11.7. The molecule has 2 aromatic heterocycles. The molecule has 1 aromatic carbocycles. The quantitative estimate of drug-likeness (QED) is 0.684. The van der Waals surface area contributed by atoms with Crippen molar-refractivity contribution in [3.63, 3.8) is 0 Å². The minimum Gasteiger partial charge on any atom is -0.497 e. The summed E-state index contributed by atoms with van der Waals surface area (Å²) in [5, 5.41) is 4.58. The Hall–Kier alpha value is -2.19. The van der Waals surface area contributed by atoms with Gasteiger partial charge in [-0.2, -0.15) is 5.10 Å². The maximum Gasteiger partial charge on any atom is 0.180 e. The topological polar surface area (TPSA) is 82.1 Å². The zero-order chi connectivity index (χ0) is 19.0. The number of rotatable bonds is 4. The number of ether oxygens (including phenoxy) is 1. The third kappa shape index (κ3) is 3.77. The lowest BCUT2D eigenvalue weighted by Gasteiger charge is -2.37. The lowest BCUT2D eigenvalue weighted by atomic mass is 9.91. The van der Waals surface area contributed by atoms with Gasteiger partial charge >= 0.3 is 0 Å². The zero-order valence-electron chi connectivity index (χ0n) is 15.5. The number of hydrogen-bond acceptors (Lipinski definition) is 6. The van der Waals surface area contributed by atoms with E-state index in [9.17, 15) is 0 Å². The Morgan fingerprint density at radius 1 is 1.22 bits per heavy atom. The van der Waals surface area contributed by atoms with Crippen molar-refractivity contribution < 1.29 is 4.74 Å². The van der Waals surface area contributed by atoms with Crippen LogP contribution in [0.2, 0.25) is 0 Å². The second kappa shape index (κ2) is 7.09. The van der Waals surface area contributed by atoms with E-state index in [2.05, 4.69) is 37.8 Å². The zero-order valence-corrected chi connectivity index (χ0v) is 17.1. The maximum atomic E-state index is 6.25. The molecule has 3 aromatic rings. The van der Waals surface area contributed by atoms with Crippen LogP contribution in [0.3, 0.4) is 0 Å². The highest BCUT2D eigenvalue weighted by molar-refractivity contribution is 9.10. The molecule has 2 N–H and O–H groups in total. The molecule has 0 amide bonds. The van der Waals surface area contributed by atoms with Gasteiger partial charge in [-0.05, 0) is 53.4 Å². The van der Waals surface area contributed by atoms with Crippen molar-refractivity contribution in [3.8, 4) is 5.75 Å². The van der Waals surface area contributed by atoms with Gasteiger partial charge in [0.1, 0.15) is 17.1 Å². The van der Waals surface area contributed by atoms with Gasteiger partial charge in [-0.15, -0.1) is 0 Å². The number of halogens is 1. The van der Waals surface area contributed by atoms with Crippen LogP contribution in [0.5, 0.6) is 5.75 Å². The van der Waals surface area contributed by atoms with Crippen LogP contribution in [0.1, 0.15) is 25.3 Å². The molecule has 8 heteroatoms. The molecule has 0 atom stereocenters. The van der Waals surface area contributed by atoms with Crippen LogP contribution in [-0.4, -0.2) is 45.5 Å². The molecule has 1 aliphatic rings. The first-order chi connectivity index (χ1) is 12.9. The van der Waals surface area contributed by atoms with Crippen molar-refractivity contribution >= 4 is 32.9 Å². The first-order valence-corrected chi connectivity index (χ1v) is 9.80. The van der Waals surface area contributed by atoms with E-state index in [0.29, 0.717) is 11.1 Å². The average Bonchev–Trinajstić information content (AvgIpc) is 2.97.